The Bertz CT molecular complexity index is 884. The third-order valence-electron chi connectivity index (χ3n) is 4.22. The number of nitriles is 1. The highest BCUT2D eigenvalue weighted by Crippen LogP contribution is 2.31. The first-order chi connectivity index (χ1) is 11.9. The van der Waals surface area contributed by atoms with E-state index in [9.17, 15) is 9.90 Å². The molecule has 0 unspecified atom stereocenters. The van der Waals surface area contributed by atoms with Crippen molar-refractivity contribution in [1.29, 1.82) is 5.26 Å². The van der Waals surface area contributed by atoms with E-state index in [1.807, 2.05) is 11.0 Å². The smallest absolute Gasteiger partial charge is 0.407 e. The molecule has 130 valence electrons. The minimum Gasteiger partial charge on any atom is -0.465 e. The van der Waals surface area contributed by atoms with Gasteiger partial charge in [-0.05, 0) is 18.5 Å². The van der Waals surface area contributed by atoms with Gasteiger partial charge in [0.05, 0.1) is 29.4 Å². The zero-order valence-corrected chi connectivity index (χ0v) is 14.8. The summed E-state index contributed by atoms with van der Waals surface area (Å²) in [6.45, 7) is 2.83. The first-order valence-electron chi connectivity index (χ1n) is 7.52. The number of piperazine rings is 1. The van der Waals surface area contributed by atoms with Gasteiger partial charge in [-0.3, -0.25) is 0 Å². The highest BCUT2D eigenvalue weighted by atomic mass is 35.5. The molecule has 8 nitrogen and oxygen atoms in total. The molecule has 1 fully saturated rings. The number of hydrogen-bond donors (Lipinski definition) is 1. The van der Waals surface area contributed by atoms with E-state index in [0.717, 1.165) is 0 Å². The number of amides is 1. The van der Waals surface area contributed by atoms with Gasteiger partial charge in [-0.15, -0.1) is 0 Å². The summed E-state index contributed by atoms with van der Waals surface area (Å²) in [5.41, 5.74) is 1.30. The third-order valence-corrected chi connectivity index (χ3v) is 4.77. The second-order valence-electron chi connectivity index (χ2n) is 5.69. The summed E-state index contributed by atoms with van der Waals surface area (Å²) in [5, 5.41) is 19.4. The Balaban J connectivity index is 2.03. The number of carboxylic acid groups (broad SMARTS) is 1. The Labute approximate surface area is 153 Å². The predicted octanol–water partition coefficient (Wildman–Crippen LogP) is 2.72. The van der Waals surface area contributed by atoms with Gasteiger partial charge in [0.15, 0.2) is 0 Å². The average Bonchev–Trinajstić information content (AvgIpc) is 2.58. The summed E-state index contributed by atoms with van der Waals surface area (Å²) in [5.74, 6) is 0.565. The van der Waals surface area contributed by atoms with Gasteiger partial charge in [0.2, 0.25) is 5.28 Å². The van der Waals surface area contributed by atoms with Crippen molar-refractivity contribution in [3.8, 4) is 6.07 Å². The van der Waals surface area contributed by atoms with Gasteiger partial charge < -0.3 is 14.9 Å². The molecule has 3 rings (SSSR count). The molecule has 1 saturated heterocycles. The highest BCUT2D eigenvalue weighted by Gasteiger charge is 2.32. The molecule has 1 amide bonds. The van der Waals surface area contributed by atoms with Crippen LogP contribution < -0.4 is 4.90 Å². The minimum atomic E-state index is -1.03. The van der Waals surface area contributed by atoms with Gasteiger partial charge in [0.25, 0.3) is 0 Å². The van der Waals surface area contributed by atoms with Crippen LogP contribution in [0, 0.1) is 18.3 Å². The van der Waals surface area contributed by atoms with Gasteiger partial charge in [-0.2, -0.15) is 10.2 Å². The molecular formula is C15H14Cl2N6O2. The number of rotatable bonds is 2. The van der Waals surface area contributed by atoms with Crippen LogP contribution in [0.5, 0.6) is 0 Å². The third kappa shape index (κ3) is 3.25. The lowest BCUT2D eigenvalue weighted by Crippen LogP contribution is -2.55. The summed E-state index contributed by atoms with van der Waals surface area (Å²) in [6.07, 6.45) is 0.650. The summed E-state index contributed by atoms with van der Waals surface area (Å²) in [6, 6.07) is 1.60. The van der Waals surface area contributed by atoms with Crippen LogP contribution in [-0.2, 0) is 0 Å². The van der Waals surface area contributed by atoms with Crippen LogP contribution in [-0.4, -0.2) is 56.7 Å². The molecule has 0 aliphatic carbocycles. The highest BCUT2D eigenvalue weighted by molar-refractivity contribution is 6.31. The largest absolute Gasteiger partial charge is 0.465 e. The first kappa shape index (κ1) is 17.5. The van der Waals surface area contributed by atoms with Crippen LogP contribution >= 0.6 is 23.2 Å². The van der Waals surface area contributed by atoms with Crippen LogP contribution in [0.25, 0.3) is 10.9 Å². The molecule has 25 heavy (non-hydrogen) atoms. The molecule has 0 aromatic carbocycles. The molecule has 0 spiro atoms. The Hall–Kier alpha value is -2.37. The van der Waals surface area contributed by atoms with E-state index in [1.165, 1.54) is 4.90 Å². The maximum atomic E-state index is 11.4. The van der Waals surface area contributed by atoms with Crippen molar-refractivity contribution in [2.75, 3.05) is 24.5 Å². The van der Waals surface area contributed by atoms with Crippen LogP contribution in [0.1, 0.15) is 12.0 Å². The lowest BCUT2D eigenvalue weighted by atomic mass is 10.1. The summed E-state index contributed by atoms with van der Waals surface area (Å²) in [4.78, 5) is 27.2. The second-order valence-corrected chi connectivity index (χ2v) is 6.39. The van der Waals surface area contributed by atoms with Crippen LogP contribution in [0.3, 0.4) is 0 Å². The first-order valence-corrected chi connectivity index (χ1v) is 8.27. The maximum absolute atomic E-state index is 11.4. The van der Waals surface area contributed by atoms with Gasteiger partial charge in [0.1, 0.15) is 11.0 Å². The van der Waals surface area contributed by atoms with Crippen molar-refractivity contribution in [1.82, 2.24) is 19.9 Å². The molecule has 1 atom stereocenters. The molecule has 3 heterocycles. The van der Waals surface area contributed by atoms with Crippen LogP contribution in [0.15, 0.2) is 6.20 Å². The fourth-order valence-electron chi connectivity index (χ4n) is 2.97. The van der Waals surface area contributed by atoms with Gasteiger partial charge in [-0.1, -0.05) is 11.6 Å². The van der Waals surface area contributed by atoms with Gasteiger partial charge in [0, 0.05) is 31.4 Å². The molecule has 0 bridgehead atoms. The standard InChI is InChI=1S/C15H14Cl2N6O2/c1-8-11-10(6-19-12(8)16)13(21-14(17)20-11)22-4-5-23(15(24)25)9(7-22)2-3-18/h6,9H,2,4-5,7H2,1H3,(H,24,25)/t9-/m0/s1. The number of anilines is 1. The Morgan fingerprint density at radius 3 is 2.88 bits per heavy atom. The number of carbonyl (C=O) groups is 1. The molecule has 0 radical (unpaired) electrons. The monoisotopic (exact) mass is 380 g/mol. The quantitative estimate of drug-likeness (QED) is 0.630. The molecule has 2 aromatic rings. The van der Waals surface area contributed by atoms with Crippen molar-refractivity contribution in [2.45, 2.75) is 19.4 Å². The average molecular weight is 381 g/mol. The SMILES string of the molecule is Cc1c(Cl)ncc2c(N3CCN(C(=O)O)[C@@H](CC#N)C3)nc(Cl)nc12. The van der Waals surface area contributed by atoms with Crippen molar-refractivity contribution in [3.63, 3.8) is 0 Å². The van der Waals surface area contributed by atoms with Crippen molar-refractivity contribution in [3.05, 3.63) is 22.2 Å². The molecule has 1 aliphatic rings. The number of fused-ring (bicyclic) bond motifs is 1. The van der Waals surface area contributed by atoms with Gasteiger partial charge in [-0.25, -0.2) is 14.8 Å². The zero-order valence-electron chi connectivity index (χ0n) is 13.3. The van der Waals surface area contributed by atoms with E-state index in [-0.39, 0.29) is 18.2 Å². The van der Waals surface area contributed by atoms with Crippen molar-refractivity contribution < 1.29 is 9.90 Å². The van der Waals surface area contributed by atoms with Crippen molar-refractivity contribution in [2.24, 2.45) is 0 Å². The number of hydrogen-bond acceptors (Lipinski definition) is 6. The summed E-state index contributed by atoms with van der Waals surface area (Å²) >= 11 is 12.1. The van der Waals surface area contributed by atoms with Gasteiger partial charge >= 0.3 is 6.09 Å². The van der Waals surface area contributed by atoms with E-state index < -0.39 is 12.1 Å². The molecule has 2 aromatic heterocycles. The molecule has 10 heteroatoms. The fourth-order valence-corrected chi connectivity index (χ4v) is 3.27. The number of aryl methyl sites for hydroxylation is 1. The number of halogens is 2. The topological polar surface area (TPSA) is 106 Å². The normalized spacial score (nSPS) is 17.6. The number of aromatic nitrogens is 3. The minimum absolute atomic E-state index is 0.0744. The lowest BCUT2D eigenvalue weighted by molar-refractivity contribution is 0.119. The predicted molar refractivity (Wildman–Crippen MR) is 93.1 cm³/mol. The van der Waals surface area contributed by atoms with Crippen LogP contribution in [0.4, 0.5) is 10.6 Å². The molecule has 0 saturated carbocycles. The molecular weight excluding hydrogens is 367 g/mol. The fraction of sp³-hybridized carbons (Fsp3) is 0.400. The number of nitrogens with zero attached hydrogens (tertiary/aromatic N) is 6. The van der Waals surface area contributed by atoms with E-state index in [0.29, 0.717) is 40.5 Å². The van der Waals surface area contributed by atoms with E-state index in [4.69, 9.17) is 28.5 Å². The Morgan fingerprint density at radius 2 is 2.20 bits per heavy atom. The van der Waals surface area contributed by atoms with Crippen molar-refractivity contribution >= 4 is 46.0 Å². The zero-order chi connectivity index (χ0) is 18.1. The van der Waals surface area contributed by atoms with E-state index in [2.05, 4.69) is 15.0 Å². The van der Waals surface area contributed by atoms with E-state index in [1.54, 1.807) is 13.1 Å². The summed E-state index contributed by atoms with van der Waals surface area (Å²) < 4.78 is 0. The second kappa shape index (κ2) is 6.86. The maximum Gasteiger partial charge on any atom is 0.407 e. The molecule has 1 N–H and O–H groups in total. The number of pyridine rings is 1. The van der Waals surface area contributed by atoms with E-state index >= 15 is 0 Å². The Kier molecular flexibility index (Phi) is 4.79. The Morgan fingerprint density at radius 1 is 1.44 bits per heavy atom. The van der Waals surface area contributed by atoms with Crippen LogP contribution in [0.2, 0.25) is 10.4 Å². The molecule has 1 aliphatic heterocycles. The lowest BCUT2D eigenvalue weighted by Gasteiger charge is -2.39. The summed E-state index contributed by atoms with van der Waals surface area (Å²) in [7, 11) is 0.